The van der Waals surface area contributed by atoms with Gasteiger partial charge >= 0.3 is 0 Å². The van der Waals surface area contributed by atoms with Crippen molar-refractivity contribution in [2.45, 2.75) is 36.1 Å². The van der Waals surface area contributed by atoms with E-state index in [9.17, 15) is 8.42 Å². The van der Waals surface area contributed by atoms with Gasteiger partial charge in [0, 0.05) is 32.2 Å². The van der Waals surface area contributed by atoms with Crippen LogP contribution in [0.25, 0.3) is 0 Å². The molecule has 4 rings (SSSR count). The molecule has 2 fully saturated rings. The molecule has 0 radical (unpaired) electrons. The summed E-state index contributed by atoms with van der Waals surface area (Å²) in [5.41, 5.74) is 2.03. The standard InChI is InChI=1S/C23H31N3O3S/c1-18-7-5-8-19(17-18)30(27,28)23(20-9-6-12-24-20)26-15-13-25(14-16-26)21-10-3-4-11-22(21)29-2/h3-5,7-8,10-11,17,20,23-24H,6,9,12-16H2,1-2H3/t20?,23-/m1/s1. The van der Waals surface area contributed by atoms with Crippen molar-refractivity contribution in [3.05, 3.63) is 54.1 Å². The second-order valence-corrected chi connectivity index (χ2v) is 10.2. The number of hydrogen-bond donors (Lipinski definition) is 1. The van der Waals surface area contributed by atoms with Crippen LogP contribution in [0.4, 0.5) is 5.69 Å². The maximum atomic E-state index is 13.7. The summed E-state index contributed by atoms with van der Waals surface area (Å²) in [6.45, 7) is 5.76. The molecule has 0 bridgehead atoms. The smallest absolute Gasteiger partial charge is 0.195 e. The van der Waals surface area contributed by atoms with Crippen molar-refractivity contribution in [2.75, 3.05) is 44.7 Å². The highest BCUT2D eigenvalue weighted by Gasteiger charge is 2.41. The molecule has 30 heavy (non-hydrogen) atoms. The predicted molar refractivity (Wildman–Crippen MR) is 120 cm³/mol. The van der Waals surface area contributed by atoms with Crippen molar-refractivity contribution in [2.24, 2.45) is 0 Å². The van der Waals surface area contributed by atoms with Crippen molar-refractivity contribution in [1.82, 2.24) is 10.2 Å². The van der Waals surface area contributed by atoms with Crippen LogP contribution in [-0.4, -0.2) is 64.6 Å². The Labute approximate surface area is 179 Å². The number of nitrogens with zero attached hydrogens (tertiary/aromatic N) is 2. The molecule has 162 valence electrons. The number of nitrogens with one attached hydrogen (secondary N) is 1. The van der Waals surface area contributed by atoms with E-state index in [1.807, 2.05) is 37.3 Å². The topological polar surface area (TPSA) is 61.9 Å². The minimum atomic E-state index is -3.48. The SMILES string of the molecule is COc1ccccc1N1CCN([C@@H](C2CCCN2)S(=O)(=O)c2cccc(C)c2)CC1. The molecule has 2 aliphatic heterocycles. The average molecular weight is 430 g/mol. The van der Waals surface area contributed by atoms with E-state index >= 15 is 0 Å². The summed E-state index contributed by atoms with van der Waals surface area (Å²) in [6, 6.07) is 15.3. The number of anilines is 1. The fourth-order valence-corrected chi connectivity index (χ4v) is 6.83. The predicted octanol–water partition coefficient (Wildman–Crippen LogP) is 2.68. The lowest BCUT2D eigenvalue weighted by atomic mass is 10.2. The maximum absolute atomic E-state index is 13.7. The zero-order valence-electron chi connectivity index (χ0n) is 17.8. The first-order valence-corrected chi connectivity index (χ1v) is 12.2. The van der Waals surface area contributed by atoms with Gasteiger partial charge in [-0.1, -0.05) is 24.3 Å². The van der Waals surface area contributed by atoms with Gasteiger partial charge in [-0.25, -0.2) is 8.42 Å². The van der Waals surface area contributed by atoms with E-state index in [-0.39, 0.29) is 6.04 Å². The summed E-state index contributed by atoms with van der Waals surface area (Å²) in [5.74, 6) is 0.854. The van der Waals surface area contributed by atoms with Gasteiger partial charge in [0.2, 0.25) is 0 Å². The molecule has 1 unspecified atom stereocenters. The van der Waals surface area contributed by atoms with Crippen molar-refractivity contribution >= 4 is 15.5 Å². The molecule has 2 saturated heterocycles. The van der Waals surface area contributed by atoms with E-state index in [0.29, 0.717) is 18.0 Å². The Hall–Kier alpha value is -2.09. The monoisotopic (exact) mass is 429 g/mol. The van der Waals surface area contributed by atoms with E-state index in [1.54, 1.807) is 19.2 Å². The Bertz CT molecular complexity index is 965. The second-order valence-electron chi connectivity index (χ2n) is 8.15. The summed E-state index contributed by atoms with van der Waals surface area (Å²) in [5, 5.41) is 2.91. The number of ether oxygens (including phenoxy) is 1. The summed E-state index contributed by atoms with van der Waals surface area (Å²) in [7, 11) is -1.80. The molecule has 0 amide bonds. The molecule has 0 saturated carbocycles. The number of benzene rings is 2. The summed E-state index contributed by atoms with van der Waals surface area (Å²) >= 11 is 0. The zero-order valence-corrected chi connectivity index (χ0v) is 18.6. The Morgan fingerprint density at radius 1 is 1.07 bits per heavy atom. The minimum absolute atomic E-state index is 0.0340. The highest BCUT2D eigenvalue weighted by Crippen LogP contribution is 2.31. The quantitative estimate of drug-likeness (QED) is 0.762. The van der Waals surface area contributed by atoms with Gasteiger partial charge in [0.15, 0.2) is 9.84 Å². The number of rotatable bonds is 6. The molecule has 6 nitrogen and oxygen atoms in total. The molecular weight excluding hydrogens is 398 g/mol. The first kappa shape index (κ1) is 21.2. The van der Waals surface area contributed by atoms with Crippen LogP contribution in [0.15, 0.2) is 53.4 Å². The van der Waals surface area contributed by atoms with E-state index in [0.717, 1.165) is 49.5 Å². The number of methoxy groups -OCH3 is 1. The lowest BCUT2D eigenvalue weighted by Gasteiger charge is -2.42. The highest BCUT2D eigenvalue weighted by atomic mass is 32.2. The molecule has 2 aliphatic rings. The van der Waals surface area contributed by atoms with Gasteiger partial charge in [-0.2, -0.15) is 0 Å². The highest BCUT2D eigenvalue weighted by molar-refractivity contribution is 7.92. The van der Waals surface area contributed by atoms with Crippen LogP contribution in [0.2, 0.25) is 0 Å². The van der Waals surface area contributed by atoms with Gasteiger partial charge in [-0.3, -0.25) is 4.90 Å². The van der Waals surface area contributed by atoms with E-state index in [4.69, 9.17) is 4.74 Å². The van der Waals surface area contributed by atoms with Crippen LogP contribution in [0.5, 0.6) is 5.75 Å². The third kappa shape index (κ3) is 4.19. The molecule has 7 heteroatoms. The van der Waals surface area contributed by atoms with Gasteiger partial charge in [0.25, 0.3) is 0 Å². The van der Waals surface area contributed by atoms with Crippen molar-refractivity contribution in [3.63, 3.8) is 0 Å². The summed E-state index contributed by atoms with van der Waals surface area (Å²) in [4.78, 5) is 4.87. The minimum Gasteiger partial charge on any atom is -0.495 e. The Balaban J connectivity index is 1.57. The normalized spacial score (nSPS) is 21.5. The molecule has 2 heterocycles. The second kappa shape index (κ2) is 8.96. The number of aryl methyl sites for hydroxylation is 1. The fraction of sp³-hybridized carbons (Fsp3) is 0.478. The van der Waals surface area contributed by atoms with Crippen molar-refractivity contribution in [3.8, 4) is 5.75 Å². The lowest BCUT2D eigenvalue weighted by molar-refractivity contribution is 0.204. The third-order valence-corrected chi connectivity index (χ3v) is 8.35. The number of sulfone groups is 1. The first-order chi connectivity index (χ1) is 14.5. The maximum Gasteiger partial charge on any atom is 0.195 e. The van der Waals surface area contributed by atoms with Gasteiger partial charge in [-0.05, 0) is 56.1 Å². The Kier molecular flexibility index (Phi) is 6.32. The van der Waals surface area contributed by atoms with Crippen molar-refractivity contribution < 1.29 is 13.2 Å². The first-order valence-electron chi connectivity index (χ1n) is 10.7. The largest absolute Gasteiger partial charge is 0.495 e. The molecule has 2 aromatic carbocycles. The Morgan fingerprint density at radius 3 is 2.50 bits per heavy atom. The molecule has 0 aliphatic carbocycles. The van der Waals surface area contributed by atoms with Crippen LogP contribution >= 0.6 is 0 Å². The molecule has 1 N–H and O–H groups in total. The van der Waals surface area contributed by atoms with Crippen LogP contribution in [-0.2, 0) is 9.84 Å². The van der Waals surface area contributed by atoms with Crippen LogP contribution in [0.1, 0.15) is 18.4 Å². The molecule has 2 aromatic rings. The van der Waals surface area contributed by atoms with Gasteiger partial charge in [0.1, 0.15) is 11.1 Å². The molecule has 0 spiro atoms. The summed E-state index contributed by atoms with van der Waals surface area (Å²) < 4.78 is 32.9. The van der Waals surface area contributed by atoms with Crippen LogP contribution in [0.3, 0.4) is 0 Å². The van der Waals surface area contributed by atoms with Crippen molar-refractivity contribution in [1.29, 1.82) is 0 Å². The zero-order chi connectivity index (χ0) is 21.1. The van der Waals surface area contributed by atoms with E-state index < -0.39 is 15.2 Å². The van der Waals surface area contributed by atoms with E-state index in [1.165, 1.54) is 0 Å². The van der Waals surface area contributed by atoms with Crippen LogP contribution in [0, 0.1) is 6.92 Å². The number of hydrogen-bond acceptors (Lipinski definition) is 6. The lowest BCUT2D eigenvalue weighted by Crippen LogP contribution is -2.58. The molecule has 2 atom stereocenters. The number of para-hydroxylation sites is 2. The fourth-order valence-electron chi connectivity index (χ4n) is 4.66. The van der Waals surface area contributed by atoms with E-state index in [2.05, 4.69) is 21.2 Å². The summed E-state index contributed by atoms with van der Waals surface area (Å²) in [6.07, 6.45) is 1.91. The average Bonchev–Trinajstić information content (AvgIpc) is 3.28. The van der Waals surface area contributed by atoms with Gasteiger partial charge in [0.05, 0.1) is 17.7 Å². The molecule has 0 aromatic heterocycles. The van der Waals surface area contributed by atoms with Crippen LogP contribution < -0.4 is 15.0 Å². The van der Waals surface area contributed by atoms with Gasteiger partial charge in [-0.15, -0.1) is 0 Å². The Morgan fingerprint density at radius 2 is 1.83 bits per heavy atom. The molecular formula is C23H31N3O3S. The third-order valence-electron chi connectivity index (χ3n) is 6.18. The number of piperazine rings is 1. The van der Waals surface area contributed by atoms with Gasteiger partial charge < -0.3 is 15.0 Å².